The highest BCUT2D eigenvalue weighted by atomic mass is 19.4. The normalized spacial score (nSPS) is 12.3. The Hall–Kier alpha value is -3.86. The van der Waals surface area contributed by atoms with E-state index in [1.54, 1.807) is 0 Å². The van der Waals surface area contributed by atoms with E-state index in [2.05, 4.69) is 109 Å². The minimum absolute atomic E-state index is 0.685. The fraction of sp³-hybridized carbons (Fsp3) is 0.265. The average Bonchev–Trinajstić information content (AvgIpc) is 2.96. The van der Waals surface area contributed by atoms with Crippen molar-refractivity contribution in [1.29, 1.82) is 0 Å². The third-order valence-electron chi connectivity index (χ3n) is 5.17. The Morgan fingerprint density at radius 2 is 1.33 bits per heavy atom. The van der Waals surface area contributed by atoms with Crippen LogP contribution in [0.3, 0.4) is 0 Å². The molecule has 3 rings (SSSR count). The van der Waals surface area contributed by atoms with E-state index in [-0.39, 0.29) is 0 Å². The monoisotopic (exact) mass is 537 g/mol. The molecule has 0 atom stereocenters. The van der Waals surface area contributed by atoms with Crippen molar-refractivity contribution in [3.63, 3.8) is 0 Å². The summed E-state index contributed by atoms with van der Waals surface area (Å²) < 4.78 is 37.9. The number of rotatable bonds is 5. The SMILES string of the molecule is C=C/C=C(\C=C/C)C(F)(F)F.CC.CC.CNc1ccc(C(=C2C=CC(=[N+](C)C)C=C2)c2ccccc2)cc1. The summed E-state index contributed by atoms with van der Waals surface area (Å²) >= 11 is 0. The molecule has 5 heteroatoms. The number of alkyl halides is 3. The van der Waals surface area contributed by atoms with Crippen molar-refractivity contribution < 1.29 is 17.7 Å². The van der Waals surface area contributed by atoms with Crippen LogP contribution < -0.4 is 5.32 Å². The molecule has 0 aliphatic heterocycles. The molecule has 39 heavy (non-hydrogen) atoms. The minimum atomic E-state index is -4.28. The maximum absolute atomic E-state index is 11.9. The fourth-order valence-corrected chi connectivity index (χ4v) is 3.39. The first-order chi connectivity index (χ1) is 18.7. The maximum atomic E-state index is 11.9. The van der Waals surface area contributed by atoms with Gasteiger partial charge in [0.25, 0.3) is 0 Å². The van der Waals surface area contributed by atoms with E-state index in [1.165, 1.54) is 41.0 Å². The molecule has 0 spiro atoms. The van der Waals surface area contributed by atoms with E-state index in [9.17, 15) is 13.2 Å². The molecule has 0 radical (unpaired) electrons. The summed E-state index contributed by atoms with van der Waals surface area (Å²) in [4.78, 5) is 0. The summed E-state index contributed by atoms with van der Waals surface area (Å²) in [6, 6.07) is 19.2. The summed E-state index contributed by atoms with van der Waals surface area (Å²) in [5.74, 6) is 0. The van der Waals surface area contributed by atoms with E-state index in [4.69, 9.17) is 0 Å². The van der Waals surface area contributed by atoms with Gasteiger partial charge in [-0.1, -0.05) is 101 Å². The van der Waals surface area contributed by atoms with Crippen molar-refractivity contribution in [2.45, 2.75) is 40.8 Å². The summed E-state index contributed by atoms with van der Waals surface area (Å²) in [6.45, 7) is 12.7. The van der Waals surface area contributed by atoms with Crippen molar-refractivity contribution in [2.75, 3.05) is 26.5 Å². The predicted molar refractivity (Wildman–Crippen MR) is 166 cm³/mol. The Morgan fingerprint density at radius 1 is 0.821 bits per heavy atom. The number of hydrogen-bond donors (Lipinski definition) is 1. The molecular formula is C34H44F3N2+. The number of nitrogens with one attached hydrogen (secondary N) is 1. The molecule has 0 amide bonds. The number of hydrogen-bond acceptors (Lipinski definition) is 1. The van der Waals surface area contributed by atoms with Crippen LogP contribution in [0.2, 0.25) is 0 Å². The highest BCUT2D eigenvalue weighted by molar-refractivity contribution is 6.03. The molecule has 1 aliphatic rings. The molecule has 0 fully saturated rings. The van der Waals surface area contributed by atoms with Crippen LogP contribution >= 0.6 is 0 Å². The van der Waals surface area contributed by atoms with Gasteiger partial charge in [-0.3, -0.25) is 0 Å². The van der Waals surface area contributed by atoms with Gasteiger partial charge in [0.1, 0.15) is 14.1 Å². The summed E-state index contributed by atoms with van der Waals surface area (Å²) in [7, 11) is 6.07. The number of halogens is 3. The molecule has 0 saturated heterocycles. The van der Waals surface area contributed by atoms with Gasteiger partial charge in [-0.2, -0.15) is 13.2 Å². The topological polar surface area (TPSA) is 15.0 Å². The van der Waals surface area contributed by atoms with Crippen molar-refractivity contribution in [2.24, 2.45) is 0 Å². The minimum Gasteiger partial charge on any atom is -0.388 e. The van der Waals surface area contributed by atoms with Crippen LogP contribution in [0.5, 0.6) is 0 Å². The highest BCUT2D eigenvalue weighted by Gasteiger charge is 2.30. The number of anilines is 1. The molecule has 0 heterocycles. The number of allylic oxidation sites excluding steroid dienone is 10. The zero-order valence-electron chi connectivity index (χ0n) is 24.6. The van der Waals surface area contributed by atoms with Gasteiger partial charge >= 0.3 is 6.18 Å². The van der Waals surface area contributed by atoms with Crippen molar-refractivity contribution in [3.05, 3.63) is 132 Å². The molecule has 0 bridgehead atoms. The van der Waals surface area contributed by atoms with E-state index < -0.39 is 11.7 Å². The Bertz CT molecular complexity index is 1150. The van der Waals surface area contributed by atoms with Crippen molar-refractivity contribution in [3.8, 4) is 0 Å². The predicted octanol–water partition coefficient (Wildman–Crippen LogP) is 9.66. The smallest absolute Gasteiger partial charge is 0.388 e. The summed E-state index contributed by atoms with van der Waals surface area (Å²) in [5.41, 5.74) is 6.57. The molecule has 0 aromatic heterocycles. The lowest BCUT2D eigenvalue weighted by Gasteiger charge is -2.14. The molecule has 1 aliphatic carbocycles. The van der Waals surface area contributed by atoms with Crippen LogP contribution in [0.15, 0.2) is 121 Å². The standard InChI is InChI=1S/C22H22N2.C8H9F3.2C2H6/c1-23-20-13-9-18(10-14-20)22(17-7-5-4-6-8-17)19-11-15-21(16-12-19)24(2)3;1-3-5-7(6-4-2)8(9,10)11;2*1-2/h4-16H,1-3H3;3-6H,1H2,2H3;2*1-2H3/p+1/b;6-4-,7-5+;;. The quantitative estimate of drug-likeness (QED) is 0.296. The first-order valence-corrected chi connectivity index (χ1v) is 13.2. The zero-order valence-corrected chi connectivity index (χ0v) is 24.6. The Kier molecular flexibility index (Phi) is 17.3. The number of nitrogens with zero attached hydrogens (tertiary/aromatic N) is 1. The second kappa shape index (κ2) is 19.2. The Balaban J connectivity index is 0.000000815. The lowest BCUT2D eigenvalue weighted by atomic mass is 9.91. The van der Waals surface area contributed by atoms with Crippen LogP contribution in [0.4, 0.5) is 18.9 Å². The third-order valence-corrected chi connectivity index (χ3v) is 5.17. The van der Waals surface area contributed by atoms with Gasteiger partial charge in [-0.25, -0.2) is 4.58 Å². The van der Waals surface area contributed by atoms with E-state index >= 15 is 0 Å². The average molecular weight is 538 g/mol. The molecule has 0 unspecified atom stereocenters. The molecule has 2 aromatic carbocycles. The van der Waals surface area contributed by atoms with Gasteiger partial charge in [0, 0.05) is 24.9 Å². The summed E-state index contributed by atoms with van der Waals surface area (Å²) in [5, 5.41) is 3.18. The van der Waals surface area contributed by atoms with Gasteiger partial charge in [-0.15, -0.1) is 0 Å². The molecule has 210 valence electrons. The lowest BCUT2D eigenvalue weighted by molar-refractivity contribution is -0.462. The maximum Gasteiger partial charge on any atom is 0.416 e. The molecule has 2 nitrogen and oxygen atoms in total. The van der Waals surface area contributed by atoms with Gasteiger partial charge in [-0.05, 0) is 53.5 Å². The van der Waals surface area contributed by atoms with Crippen LogP contribution in [0.1, 0.15) is 45.7 Å². The molecular weight excluding hydrogens is 493 g/mol. The third kappa shape index (κ3) is 12.0. The number of benzene rings is 2. The van der Waals surface area contributed by atoms with Gasteiger partial charge in [0.05, 0.1) is 5.57 Å². The van der Waals surface area contributed by atoms with Crippen molar-refractivity contribution >= 4 is 17.0 Å². The molecule has 2 aromatic rings. The first kappa shape index (κ1) is 35.1. The second-order valence-corrected chi connectivity index (χ2v) is 7.87. The van der Waals surface area contributed by atoms with Crippen LogP contribution in [0.25, 0.3) is 5.57 Å². The van der Waals surface area contributed by atoms with E-state index in [0.717, 1.165) is 23.9 Å². The van der Waals surface area contributed by atoms with Crippen LogP contribution in [-0.4, -0.2) is 37.6 Å². The Morgan fingerprint density at radius 3 is 1.74 bits per heavy atom. The molecule has 0 saturated carbocycles. The van der Waals surface area contributed by atoms with E-state index in [0.29, 0.717) is 0 Å². The van der Waals surface area contributed by atoms with Gasteiger partial charge < -0.3 is 5.32 Å². The fourth-order valence-electron chi connectivity index (χ4n) is 3.39. The van der Waals surface area contributed by atoms with Crippen LogP contribution in [0, 0.1) is 0 Å². The molecule has 1 N–H and O–H groups in total. The lowest BCUT2D eigenvalue weighted by Crippen LogP contribution is -2.10. The summed E-state index contributed by atoms with van der Waals surface area (Å²) in [6.07, 6.45) is 8.84. The van der Waals surface area contributed by atoms with Crippen LogP contribution in [-0.2, 0) is 0 Å². The van der Waals surface area contributed by atoms with Gasteiger partial charge in [0.15, 0.2) is 5.71 Å². The van der Waals surface area contributed by atoms with Crippen molar-refractivity contribution in [1.82, 2.24) is 0 Å². The zero-order chi connectivity index (χ0) is 29.8. The van der Waals surface area contributed by atoms with Gasteiger partial charge in [0.2, 0.25) is 0 Å². The second-order valence-electron chi connectivity index (χ2n) is 7.87. The first-order valence-electron chi connectivity index (χ1n) is 13.2. The largest absolute Gasteiger partial charge is 0.416 e. The Labute approximate surface area is 234 Å². The van der Waals surface area contributed by atoms with E-state index in [1.807, 2.05) is 34.7 Å². The highest BCUT2D eigenvalue weighted by Crippen LogP contribution is 2.30.